The van der Waals surface area contributed by atoms with Crippen LogP contribution in [0.5, 0.6) is 0 Å². The maximum atomic E-state index is 12.4. The molecule has 2 aromatic heterocycles. The maximum Gasteiger partial charge on any atom is 0.273 e. The van der Waals surface area contributed by atoms with Gasteiger partial charge >= 0.3 is 0 Å². The van der Waals surface area contributed by atoms with Gasteiger partial charge in [-0.25, -0.2) is 15.0 Å². The van der Waals surface area contributed by atoms with Gasteiger partial charge in [-0.1, -0.05) is 0 Å². The lowest BCUT2D eigenvalue weighted by molar-refractivity contribution is -0.000298. The summed E-state index contributed by atoms with van der Waals surface area (Å²) < 4.78 is 0. The highest BCUT2D eigenvalue weighted by Crippen LogP contribution is 2.26. The van der Waals surface area contributed by atoms with E-state index in [4.69, 9.17) is 0 Å². The van der Waals surface area contributed by atoms with Crippen LogP contribution in [0, 0.1) is 6.92 Å². The minimum Gasteiger partial charge on any atom is -0.386 e. The molecule has 0 radical (unpaired) electrons. The van der Waals surface area contributed by atoms with Gasteiger partial charge in [0.1, 0.15) is 17.8 Å². The van der Waals surface area contributed by atoms with Gasteiger partial charge in [0, 0.05) is 44.3 Å². The average molecular weight is 342 g/mol. The van der Waals surface area contributed by atoms with E-state index < -0.39 is 5.60 Å². The van der Waals surface area contributed by atoms with E-state index in [2.05, 4.69) is 19.9 Å². The van der Waals surface area contributed by atoms with Crippen LogP contribution < -0.4 is 4.90 Å². The molecule has 0 saturated carbocycles. The number of carbonyl (C=O) groups excluding carboxylic acids is 1. The summed E-state index contributed by atoms with van der Waals surface area (Å²) in [5.74, 6) is 0.546. The van der Waals surface area contributed by atoms with Gasteiger partial charge in [0.2, 0.25) is 0 Å². The molecule has 0 spiro atoms. The fourth-order valence-electron chi connectivity index (χ4n) is 3.17. The largest absolute Gasteiger partial charge is 0.386 e. The van der Waals surface area contributed by atoms with Crippen molar-refractivity contribution in [3.63, 3.8) is 0 Å². The van der Waals surface area contributed by atoms with Crippen molar-refractivity contribution < 1.29 is 9.90 Å². The van der Waals surface area contributed by atoms with E-state index in [9.17, 15) is 9.90 Å². The van der Waals surface area contributed by atoms with E-state index in [1.165, 1.54) is 29.8 Å². The van der Waals surface area contributed by atoms with Crippen LogP contribution >= 0.6 is 0 Å². The summed E-state index contributed by atoms with van der Waals surface area (Å²) in [5, 5.41) is 11.0. The summed E-state index contributed by atoms with van der Waals surface area (Å²) in [7, 11) is 1.67. The smallest absolute Gasteiger partial charge is 0.273 e. The van der Waals surface area contributed by atoms with E-state index in [1.807, 2.05) is 17.9 Å². The molecule has 1 aliphatic heterocycles. The predicted molar refractivity (Wildman–Crippen MR) is 92.2 cm³/mol. The first kappa shape index (κ1) is 17.2. The van der Waals surface area contributed by atoms with Gasteiger partial charge in [0.15, 0.2) is 0 Å². The zero-order chi connectivity index (χ0) is 17.9. The second-order valence-electron chi connectivity index (χ2n) is 6.52. The van der Waals surface area contributed by atoms with Gasteiger partial charge < -0.3 is 14.9 Å². The molecular formula is C17H22N6O2. The number of aryl methyl sites for hydroxylation is 1. The molecule has 1 N–H and O–H groups in total. The Morgan fingerprint density at radius 1 is 1.36 bits per heavy atom. The molecule has 2 aromatic rings. The van der Waals surface area contributed by atoms with Crippen LogP contribution in [0.25, 0.3) is 0 Å². The van der Waals surface area contributed by atoms with Gasteiger partial charge in [-0.2, -0.15) is 0 Å². The van der Waals surface area contributed by atoms with Gasteiger partial charge in [-0.15, -0.1) is 0 Å². The molecule has 1 amide bonds. The number of piperidine rings is 1. The average Bonchev–Trinajstić information content (AvgIpc) is 2.61. The number of β-amino-alcohol motifs (C(OH)–C–C–N with tert-alkyl or cyclic N) is 1. The van der Waals surface area contributed by atoms with Crippen LogP contribution in [0.3, 0.4) is 0 Å². The number of amides is 1. The fraction of sp³-hybridized carbons (Fsp3) is 0.471. The molecule has 1 fully saturated rings. The van der Waals surface area contributed by atoms with Crippen molar-refractivity contribution in [3.8, 4) is 0 Å². The van der Waals surface area contributed by atoms with Gasteiger partial charge in [-0.05, 0) is 19.8 Å². The highest BCUT2D eigenvalue weighted by Gasteiger charge is 2.36. The number of rotatable bonds is 4. The zero-order valence-corrected chi connectivity index (χ0v) is 14.5. The summed E-state index contributed by atoms with van der Waals surface area (Å²) in [6.07, 6.45) is 7.42. The van der Waals surface area contributed by atoms with Crippen molar-refractivity contribution >= 4 is 11.7 Å². The number of aliphatic hydroxyl groups is 1. The number of hydrogen-bond donors (Lipinski definition) is 1. The molecule has 8 nitrogen and oxygen atoms in total. The molecule has 1 saturated heterocycles. The Morgan fingerprint density at radius 2 is 2.20 bits per heavy atom. The van der Waals surface area contributed by atoms with E-state index in [-0.39, 0.29) is 18.1 Å². The molecule has 25 heavy (non-hydrogen) atoms. The monoisotopic (exact) mass is 342 g/mol. The maximum absolute atomic E-state index is 12.4. The Labute approximate surface area is 146 Å². The van der Waals surface area contributed by atoms with Crippen molar-refractivity contribution in [2.75, 3.05) is 31.6 Å². The molecule has 8 heteroatoms. The highest BCUT2D eigenvalue weighted by molar-refractivity contribution is 5.91. The van der Waals surface area contributed by atoms with Gasteiger partial charge in [0.05, 0.1) is 18.3 Å². The Hall–Kier alpha value is -2.61. The standard InChI is InChI=1S/C17H22N6O2/c1-13-8-15(21-12-20-13)23-7-3-4-17(25,11-23)10-22(2)16(24)14-9-18-5-6-19-14/h5-6,8-9,12,25H,3-4,7,10-11H2,1-2H3. The predicted octanol–water partition coefficient (Wildman–Crippen LogP) is 0.679. The van der Waals surface area contributed by atoms with Crippen molar-refractivity contribution in [1.82, 2.24) is 24.8 Å². The summed E-state index contributed by atoms with van der Waals surface area (Å²) in [6, 6.07) is 1.90. The van der Waals surface area contributed by atoms with Crippen molar-refractivity contribution in [3.05, 3.63) is 42.4 Å². The van der Waals surface area contributed by atoms with Crippen LogP contribution in [-0.4, -0.2) is 68.1 Å². The highest BCUT2D eigenvalue weighted by atomic mass is 16.3. The van der Waals surface area contributed by atoms with E-state index in [1.54, 1.807) is 7.05 Å². The Kier molecular flexibility index (Phi) is 4.89. The van der Waals surface area contributed by atoms with Crippen LogP contribution in [-0.2, 0) is 0 Å². The quantitative estimate of drug-likeness (QED) is 0.873. The lowest BCUT2D eigenvalue weighted by Crippen LogP contribution is -2.55. The van der Waals surface area contributed by atoms with Crippen molar-refractivity contribution in [2.45, 2.75) is 25.4 Å². The second kappa shape index (κ2) is 7.10. The molecule has 0 aromatic carbocycles. The second-order valence-corrected chi connectivity index (χ2v) is 6.52. The first-order chi connectivity index (χ1) is 12.0. The number of likely N-dealkylation sites (N-methyl/N-ethyl adjacent to an activating group) is 1. The number of aromatic nitrogens is 4. The molecule has 132 valence electrons. The summed E-state index contributed by atoms with van der Waals surface area (Å²) in [5.41, 5.74) is 0.158. The van der Waals surface area contributed by atoms with Gasteiger partial charge in [0.25, 0.3) is 5.91 Å². The van der Waals surface area contributed by atoms with Crippen molar-refractivity contribution in [2.24, 2.45) is 0 Å². The Balaban J connectivity index is 1.69. The first-order valence-electron chi connectivity index (χ1n) is 8.24. The molecular weight excluding hydrogens is 320 g/mol. The molecule has 0 bridgehead atoms. The van der Waals surface area contributed by atoms with Crippen LogP contribution in [0.1, 0.15) is 29.0 Å². The third kappa shape index (κ3) is 4.08. The van der Waals surface area contributed by atoms with Crippen LogP contribution in [0.15, 0.2) is 31.0 Å². The minimum absolute atomic E-state index is 0.225. The topological polar surface area (TPSA) is 95.3 Å². The zero-order valence-electron chi connectivity index (χ0n) is 14.5. The van der Waals surface area contributed by atoms with E-state index in [0.717, 1.165) is 24.5 Å². The lowest BCUT2D eigenvalue weighted by atomic mass is 9.92. The summed E-state index contributed by atoms with van der Waals surface area (Å²) in [6.45, 7) is 3.37. The fourth-order valence-corrected chi connectivity index (χ4v) is 3.17. The minimum atomic E-state index is -0.996. The SMILES string of the molecule is Cc1cc(N2CCCC(O)(CN(C)C(=O)c3cnccn3)C2)ncn1. The molecule has 3 heterocycles. The van der Waals surface area contributed by atoms with E-state index >= 15 is 0 Å². The Morgan fingerprint density at radius 3 is 2.92 bits per heavy atom. The molecule has 1 aliphatic rings. The number of carbonyl (C=O) groups is 1. The molecule has 3 rings (SSSR count). The third-order valence-electron chi connectivity index (χ3n) is 4.33. The van der Waals surface area contributed by atoms with Crippen LogP contribution in [0.2, 0.25) is 0 Å². The molecule has 1 atom stereocenters. The number of hydrogen-bond acceptors (Lipinski definition) is 7. The van der Waals surface area contributed by atoms with Crippen LogP contribution in [0.4, 0.5) is 5.82 Å². The normalized spacial score (nSPS) is 20.4. The van der Waals surface area contributed by atoms with Gasteiger partial charge in [-0.3, -0.25) is 9.78 Å². The number of nitrogens with zero attached hydrogens (tertiary/aromatic N) is 6. The lowest BCUT2D eigenvalue weighted by Gasteiger charge is -2.41. The van der Waals surface area contributed by atoms with E-state index in [0.29, 0.717) is 13.0 Å². The first-order valence-corrected chi connectivity index (χ1v) is 8.24. The molecule has 1 unspecified atom stereocenters. The Bertz CT molecular complexity index is 741. The summed E-state index contributed by atoms with van der Waals surface area (Å²) >= 11 is 0. The molecule has 0 aliphatic carbocycles. The third-order valence-corrected chi connectivity index (χ3v) is 4.33. The number of anilines is 1. The summed E-state index contributed by atoms with van der Waals surface area (Å²) in [4.78, 5) is 32.3. The van der Waals surface area contributed by atoms with Crippen molar-refractivity contribution in [1.29, 1.82) is 0 Å².